The van der Waals surface area contributed by atoms with Crippen LogP contribution in [0.4, 0.5) is 11.4 Å². The van der Waals surface area contributed by atoms with E-state index in [0.717, 1.165) is 36.3 Å². The van der Waals surface area contributed by atoms with Gasteiger partial charge in [0.25, 0.3) is 0 Å². The second-order valence-corrected chi connectivity index (χ2v) is 11.3. The highest BCUT2D eigenvalue weighted by Crippen LogP contribution is 2.33. The molecule has 0 spiro atoms. The van der Waals surface area contributed by atoms with E-state index in [-0.39, 0.29) is 0 Å². The van der Waals surface area contributed by atoms with Crippen molar-refractivity contribution in [3.63, 3.8) is 0 Å². The molecule has 40 heavy (non-hydrogen) atoms. The van der Waals surface area contributed by atoms with Gasteiger partial charge in [0.1, 0.15) is 0 Å². The number of aliphatic imine (C=N–C) groups is 2. The maximum atomic E-state index is 5.11. The van der Waals surface area contributed by atoms with Crippen LogP contribution in [0.25, 0.3) is 11.1 Å². The van der Waals surface area contributed by atoms with E-state index in [0.29, 0.717) is 0 Å². The predicted molar refractivity (Wildman–Crippen MR) is 178 cm³/mol. The van der Waals surface area contributed by atoms with Gasteiger partial charge in [0.15, 0.2) is 0 Å². The molecule has 0 radical (unpaired) electrons. The summed E-state index contributed by atoms with van der Waals surface area (Å²) in [6, 6.07) is 19.9. The summed E-state index contributed by atoms with van der Waals surface area (Å²) in [7, 11) is 0. The molecule has 0 N–H and O–H groups in total. The molecule has 0 heterocycles. The molecule has 2 heteroatoms. The Bertz CT molecular complexity index is 1250. The molecule has 0 unspecified atom stereocenters. The summed E-state index contributed by atoms with van der Waals surface area (Å²) < 4.78 is 0. The Morgan fingerprint density at radius 1 is 0.650 bits per heavy atom. The third-order valence-electron chi connectivity index (χ3n) is 7.89. The Kier molecular flexibility index (Phi) is 13.4. The predicted octanol–water partition coefficient (Wildman–Crippen LogP) is 11.7. The lowest BCUT2D eigenvalue weighted by molar-refractivity contribution is 0.662. The molecule has 0 bridgehead atoms. The second-order valence-electron chi connectivity index (χ2n) is 11.3. The van der Waals surface area contributed by atoms with Gasteiger partial charge in [-0.2, -0.15) is 0 Å². The van der Waals surface area contributed by atoms with Crippen molar-refractivity contribution in [1.82, 2.24) is 0 Å². The summed E-state index contributed by atoms with van der Waals surface area (Å²) >= 11 is 0. The van der Waals surface area contributed by atoms with Crippen LogP contribution in [0.5, 0.6) is 0 Å². The van der Waals surface area contributed by atoms with Gasteiger partial charge in [-0.3, -0.25) is 9.98 Å². The first-order valence-electron chi connectivity index (χ1n) is 15.9. The molecule has 214 valence electrons. The van der Waals surface area contributed by atoms with E-state index in [1.165, 1.54) is 91.2 Å². The zero-order valence-electron chi connectivity index (χ0n) is 26.2. The fourth-order valence-electron chi connectivity index (χ4n) is 5.62. The third kappa shape index (κ3) is 9.29. The van der Waals surface area contributed by atoms with E-state index in [9.17, 15) is 0 Å². The smallest absolute Gasteiger partial charge is 0.0639 e. The molecule has 0 aliphatic carbocycles. The van der Waals surface area contributed by atoms with Crippen molar-refractivity contribution >= 4 is 23.3 Å². The molecule has 0 saturated heterocycles. The van der Waals surface area contributed by atoms with Gasteiger partial charge in [0.2, 0.25) is 0 Å². The van der Waals surface area contributed by atoms with Gasteiger partial charge < -0.3 is 0 Å². The van der Waals surface area contributed by atoms with Gasteiger partial charge in [-0.1, -0.05) is 90.1 Å². The molecular weight excluding hydrogens is 484 g/mol. The first-order valence-corrected chi connectivity index (χ1v) is 15.9. The molecule has 2 nitrogen and oxygen atoms in total. The first kappa shape index (κ1) is 31.5. The van der Waals surface area contributed by atoms with Crippen LogP contribution in [0.3, 0.4) is 0 Å². The third-order valence-corrected chi connectivity index (χ3v) is 7.89. The van der Waals surface area contributed by atoms with Crippen molar-refractivity contribution in [2.45, 2.75) is 119 Å². The van der Waals surface area contributed by atoms with Crippen molar-refractivity contribution in [2.24, 2.45) is 9.98 Å². The molecule has 0 aliphatic rings. The topological polar surface area (TPSA) is 24.7 Å². The number of unbranched alkanes of at least 4 members (excludes halogenated alkanes) is 5. The van der Waals surface area contributed by atoms with E-state index in [4.69, 9.17) is 9.98 Å². The summed E-state index contributed by atoms with van der Waals surface area (Å²) in [5.41, 5.74) is 12.9. The van der Waals surface area contributed by atoms with E-state index >= 15 is 0 Å². The molecule has 0 aromatic heterocycles. The second kappa shape index (κ2) is 17.0. The number of hydrogen-bond donors (Lipinski definition) is 0. The Hall–Kier alpha value is -3.00. The normalized spacial score (nSPS) is 12.0. The van der Waals surface area contributed by atoms with Gasteiger partial charge in [-0.05, 0) is 122 Å². The van der Waals surface area contributed by atoms with Crippen molar-refractivity contribution in [3.05, 3.63) is 82.4 Å². The molecule has 3 aromatic carbocycles. The van der Waals surface area contributed by atoms with E-state index in [1.807, 2.05) is 6.21 Å². The van der Waals surface area contributed by atoms with Crippen LogP contribution in [-0.4, -0.2) is 11.9 Å². The SMILES string of the molecule is CCCCCCc1cc(N=C(C=Nc2cc(C)c(-c3ccccc3)c(CCCC)c2)CC)cc(C)c1CCCC. The molecule has 0 amide bonds. The summed E-state index contributed by atoms with van der Waals surface area (Å²) in [5, 5.41) is 0. The summed E-state index contributed by atoms with van der Waals surface area (Å²) in [4.78, 5) is 10.1. The number of benzene rings is 3. The average molecular weight is 537 g/mol. The summed E-state index contributed by atoms with van der Waals surface area (Å²) in [5.74, 6) is 0. The molecule has 3 rings (SSSR count). The molecule has 3 aromatic rings. The Morgan fingerprint density at radius 3 is 2.00 bits per heavy atom. The van der Waals surface area contributed by atoms with Crippen molar-refractivity contribution in [3.8, 4) is 11.1 Å². The van der Waals surface area contributed by atoms with E-state index < -0.39 is 0 Å². The van der Waals surface area contributed by atoms with Crippen LogP contribution in [0.1, 0.15) is 113 Å². The van der Waals surface area contributed by atoms with Crippen LogP contribution >= 0.6 is 0 Å². The van der Waals surface area contributed by atoms with Crippen LogP contribution in [0, 0.1) is 13.8 Å². The summed E-state index contributed by atoms with van der Waals surface area (Å²) in [6.07, 6.45) is 16.3. The Labute approximate surface area is 245 Å². The van der Waals surface area contributed by atoms with Gasteiger partial charge in [0.05, 0.1) is 17.1 Å². The van der Waals surface area contributed by atoms with Gasteiger partial charge >= 0.3 is 0 Å². The Balaban J connectivity index is 1.91. The number of hydrogen-bond acceptors (Lipinski definition) is 2. The first-order chi connectivity index (χ1) is 19.5. The monoisotopic (exact) mass is 536 g/mol. The number of nitrogens with zero attached hydrogens (tertiary/aromatic N) is 2. The number of aryl methyl sites for hydroxylation is 4. The largest absolute Gasteiger partial charge is 0.255 e. The van der Waals surface area contributed by atoms with Crippen LogP contribution < -0.4 is 0 Å². The maximum absolute atomic E-state index is 5.11. The fourth-order valence-corrected chi connectivity index (χ4v) is 5.62. The van der Waals surface area contributed by atoms with Crippen molar-refractivity contribution in [1.29, 1.82) is 0 Å². The van der Waals surface area contributed by atoms with Gasteiger partial charge in [-0.15, -0.1) is 0 Å². The van der Waals surface area contributed by atoms with Gasteiger partial charge in [0, 0.05) is 6.21 Å². The lowest BCUT2D eigenvalue weighted by Crippen LogP contribution is -2.01. The van der Waals surface area contributed by atoms with Crippen molar-refractivity contribution < 1.29 is 0 Å². The van der Waals surface area contributed by atoms with Crippen LogP contribution in [0.2, 0.25) is 0 Å². The highest BCUT2D eigenvalue weighted by atomic mass is 14.8. The minimum atomic E-state index is 0.857. The lowest BCUT2D eigenvalue weighted by atomic mass is 9.91. The minimum absolute atomic E-state index is 0.857. The molecule has 0 atom stereocenters. The molecule has 0 saturated carbocycles. The quantitative estimate of drug-likeness (QED) is 0.128. The van der Waals surface area contributed by atoms with E-state index in [2.05, 4.69) is 96.1 Å². The lowest BCUT2D eigenvalue weighted by Gasteiger charge is -2.15. The minimum Gasteiger partial charge on any atom is -0.255 e. The van der Waals surface area contributed by atoms with Crippen LogP contribution in [0.15, 0.2) is 64.6 Å². The average Bonchev–Trinajstić information content (AvgIpc) is 2.96. The molecule has 0 fully saturated rings. The molecular formula is C38H52N2. The maximum Gasteiger partial charge on any atom is 0.0639 e. The zero-order chi connectivity index (χ0) is 28.7. The highest BCUT2D eigenvalue weighted by Gasteiger charge is 2.11. The van der Waals surface area contributed by atoms with Crippen molar-refractivity contribution in [2.75, 3.05) is 0 Å². The van der Waals surface area contributed by atoms with Gasteiger partial charge in [-0.25, -0.2) is 0 Å². The standard InChI is InChI=1S/C38H52N2/c1-7-11-14-16-22-32-26-36(24-29(5)37(32)23-13-9-3)40-34(10-4)28-39-35-25-30(6)38(31-20-17-15-18-21-31)33(27-35)19-12-8-2/h15,17-18,20-21,24-28H,7-14,16,19,22-23H2,1-6H3. The zero-order valence-corrected chi connectivity index (χ0v) is 26.2. The van der Waals surface area contributed by atoms with Crippen LogP contribution in [-0.2, 0) is 19.3 Å². The highest BCUT2D eigenvalue weighted by molar-refractivity contribution is 6.31. The fraction of sp³-hybridized carbons (Fsp3) is 0.474. The summed E-state index contributed by atoms with van der Waals surface area (Å²) in [6.45, 7) is 13.5. The van der Waals surface area contributed by atoms with E-state index in [1.54, 1.807) is 5.56 Å². The number of rotatable bonds is 16. The Morgan fingerprint density at radius 2 is 1.30 bits per heavy atom. The molecule has 0 aliphatic heterocycles.